The molecular formula is C13H19N5O5. The molecule has 0 bridgehead atoms. The average molecular weight is 325 g/mol. The molecular weight excluding hydrogens is 306 g/mol. The number of fused-ring (bicyclic) bond motifs is 1. The van der Waals surface area contributed by atoms with Crippen LogP contribution in [-0.2, 0) is 4.74 Å². The fraction of sp³-hybridized carbons (Fsp3) is 0.615. The van der Waals surface area contributed by atoms with Crippen LogP contribution < -0.4 is 5.73 Å². The number of hydrogen-bond acceptors (Lipinski definition) is 9. The van der Waals surface area contributed by atoms with Crippen LogP contribution in [0.15, 0.2) is 12.7 Å². The van der Waals surface area contributed by atoms with E-state index in [4.69, 9.17) is 15.6 Å². The molecule has 5 atom stereocenters. The van der Waals surface area contributed by atoms with Crippen LogP contribution in [-0.4, -0.2) is 71.5 Å². The van der Waals surface area contributed by atoms with E-state index in [0.29, 0.717) is 11.2 Å². The lowest BCUT2D eigenvalue weighted by Gasteiger charge is -2.22. The fourth-order valence-electron chi connectivity index (χ4n) is 3.00. The molecule has 0 aromatic carbocycles. The summed E-state index contributed by atoms with van der Waals surface area (Å²) in [7, 11) is 0. The van der Waals surface area contributed by atoms with Crippen molar-refractivity contribution in [3.05, 3.63) is 12.7 Å². The minimum absolute atomic E-state index is 0.174. The van der Waals surface area contributed by atoms with E-state index in [2.05, 4.69) is 15.0 Å². The van der Waals surface area contributed by atoms with E-state index in [9.17, 15) is 15.3 Å². The number of aromatic nitrogens is 4. The molecule has 2 aromatic rings. The molecule has 1 aliphatic rings. The van der Waals surface area contributed by atoms with Gasteiger partial charge >= 0.3 is 0 Å². The lowest BCUT2D eigenvalue weighted by atomic mass is 9.91. The number of nitrogens with zero attached hydrogens (tertiary/aromatic N) is 4. The van der Waals surface area contributed by atoms with E-state index in [1.165, 1.54) is 17.2 Å². The van der Waals surface area contributed by atoms with Crippen LogP contribution in [0.2, 0.25) is 0 Å². The molecule has 126 valence electrons. The number of ether oxygens (including phenoxy) is 1. The first-order valence-corrected chi connectivity index (χ1v) is 7.24. The molecule has 1 aliphatic heterocycles. The van der Waals surface area contributed by atoms with E-state index in [1.54, 1.807) is 0 Å². The minimum Gasteiger partial charge on any atom is -0.396 e. The first kappa shape index (κ1) is 16.0. The van der Waals surface area contributed by atoms with Crippen LogP contribution in [0.25, 0.3) is 11.2 Å². The highest BCUT2D eigenvalue weighted by atomic mass is 16.5. The lowest BCUT2D eigenvalue weighted by Crippen LogP contribution is -2.37. The van der Waals surface area contributed by atoms with Gasteiger partial charge in [-0.25, -0.2) is 15.0 Å². The van der Waals surface area contributed by atoms with Gasteiger partial charge in [0.25, 0.3) is 0 Å². The normalized spacial score (nSPS) is 29.2. The van der Waals surface area contributed by atoms with Crippen molar-refractivity contribution in [2.75, 3.05) is 18.9 Å². The zero-order valence-corrected chi connectivity index (χ0v) is 12.2. The Morgan fingerprint density at radius 1 is 1.30 bits per heavy atom. The number of nitrogens with two attached hydrogens (primary N) is 1. The largest absolute Gasteiger partial charge is 0.396 e. The number of aliphatic hydroxyl groups is 4. The van der Waals surface area contributed by atoms with Crippen LogP contribution in [0.4, 0.5) is 5.82 Å². The smallest absolute Gasteiger partial charge is 0.167 e. The molecule has 0 amide bonds. The van der Waals surface area contributed by atoms with Gasteiger partial charge in [-0.2, -0.15) is 0 Å². The molecule has 1 saturated heterocycles. The van der Waals surface area contributed by atoms with Gasteiger partial charge in [-0.15, -0.1) is 0 Å². The number of aliphatic hydroxyl groups excluding tert-OH is 4. The van der Waals surface area contributed by atoms with Gasteiger partial charge in [0.05, 0.1) is 19.0 Å². The topological polar surface area (TPSA) is 160 Å². The van der Waals surface area contributed by atoms with Gasteiger partial charge in [0.2, 0.25) is 0 Å². The number of nitrogen functional groups attached to an aromatic ring is 1. The van der Waals surface area contributed by atoms with Crippen LogP contribution in [0.1, 0.15) is 12.6 Å². The average Bonchev–Trinajstić information content (AvgIpc) is 3.10. The Hall–Kier alpha value is -1.85. The van der Waals surface area contributed by atoms with Crippen LogP contribution in [0, 0.1) is 5.92 Å². The predicted octanol–water partition coefficient (Wildman–Crippen LogP) is -1.98. The van der Waals surface area contributed by atoms with Crippen molar-refractivity contribution in [1.29, 1.82) is 0 Å². The van der Waals surface area contributed by atoms with Crippen molar-refractivity contribution in [2.24, 2.45) is 5.92 Å². The third-order valence-electron chi connectivity index (χ3n) is 4.14. The summed E-state index contributed by atoms with van der Waals surface area (Å²) in [5.41, 5.74) is 6.51. The van der Waals surface area contributed by atoms with Crippen molar-refractivity contribution >= 4 is 17.0 Å². The second-order valence-electron chi connectivity index (χ2n) is 5.49. The van der Waals surface area contributed by atoms with Crippen molar-refractivity contribution < 1.29 is 25.2 Å². The van der Waals surface area contributed by atoms with Gasteiger partial charge < -0.3 is 30.9 Å². The van der Waals surface area contributed by atoms with Crippen molar-refractivity contribution in [3.8, 4) is 0 Å². The number of imidazole rings is 1. The molecule has 1 fully saturated rings. The highest BCUT2D eigenvalue weighted by Gasteiger charge is 2.47. The molecule has 10 nitrogen and oxygen atoms in total. The molecule has 2 aromatic heterocycles. The summed E-state index contributed by atoms with van der Waals surface area (Å²) in [5.74, 6) is -0.330. The van der Waals surface area contributed by atoms with Gasteiger partial charge in [0.1, 0.15) is 24.1 Å². The maximum absolute atomic E-state index is 10.5. The standard InChI is InChI=1S/C13H19N5O5/c14-11-8-12(16-4-15-11)18(5-17-8)13-9(22)6(1-2-19)10(23-13)7(21)3-20/h4-7,9-10,13,19-22H,1-3H2,(H2,14,15,16). The highest BCUT2D eigenvalue weighted by molar-refractivity contribution is 5.81. The third kappa shape index (κ3) is 2.64. The minimum atomic E-state index is -1.17. The predicted molar refractivity (Wildman–Crippen MR) is 77.9 cm³/mol. The fourth-order valence-corrected chi connectivity index (χ4v) is 3.00. The van der Waals surface area contributed by atoms with Gasteiger partial charge in [-0.05, 0) is 6.42 Å². The second kappa shape index (κ2) is 6.34. The molecule has 0 spiro atoms. The first-order valence-electron chi connectivity index (χ1n) is 7.24. The summed E-state index contributed by atoms with van der Waals surface area (Å²) < 4.78 is 7.24. The number of rotatable bonds is 5. The Morgan fingerprint density at radius 3 is 2.78 bits per heavy atom. The van der Waals surface area contributed by atoms with Gasteiger partial charge in [0, 0.05) is 12.5 Å². The molecule has 0 aliphatic carbocycles. The van der Waals surface area contributed by atoms with Crippen LogP contribution in [0.5, 0.6) is 0 Å². The van der Waals surface area contributed by atoms with E-state index in [0.717, 1.165) is 0 Å². The molecule has 5 unspecified atom stereocenters. The summed E-state index contributed by atoms with van der Waals surface area (Å²) >= 11 is 0. The number of anilines is 1. The molecule has 23 heavy (non-hydrogen) atoms. The Labute approximate surface area is 131 Å². The Kier molecular flexibility index (Phi) is 4.41. The van der Waals surface area contributed by atoms with Crippen molar-refractivity contribution in [1.82, 2.24) is 19.5 Å². The Bertz CT molecular complexity index is 680. The van der Waals surface area contributed by atoms with Crippen LogP contribution >= 0.6 is 0 Å². The quantitative estimate of drug-likeness (QED) is 0.419. The maximum atomic E-state index is 10.5. The van der Waals surface area contributed by atoms with E-state index in [1.807, 2.05) is 0 Å². The van der Waals surface area contributed by atoms with E-state index in [-0.39, 0.29) is 18.8 Å². The van der Waals surface area contributed by atoms with Gasteiger partial charge in [-0.3, -0.25) is 4.57 Å². The zero-order valence-electron chi connectivity index (χ0n) is 12.2. The number of hydrogen-bond donors (Lipinski definition) is 5. The summed E-state index contributed by atoms with van der Waals surface area (Å²) in [4.78, 5) is 12.1. The van der Waals surface area contributed by atoms with Crippen molar-refractivity contribution in [2.45, 2.75) is 31.0 Å². The zero-order chi connectivity index (χ0) is 16.6. The Balaban J connectivity index is 1.97. The van der Waals surface area contributed by atoms with Crippen LogP contribution in [0.3, 0.4) is 0 Å². The maximum Gasteiger partial charge on any atom is 0.167 e. The monoisotopic (exact) mass is 325 g/mol. The molecule has 0 radical (unpaired) electrons. The Morgan fingerprint density at radius 2 is 2.09 bits per heavy atom. The second-order valence-corrected chi connectivity index (χ2v) is 5.49. The molecule has 10 heteroatoms. The van der Waals surface area contributed by atoms with Gasteiger partial charge in [0.15, 0.2) is 17.7 Å². The molecule has 3 rings (SSSR count). The molecule has 6 N–H and O–H groups in total. The highest BCUT2D eigenvalue weighted by Crippen LogP contribution is 2.38. The van der Waals surface area contributed by atoms with Gasteiger partial charge in [-0.1, -0.05) is 0 Å². The van der Waals surface area contributed by atoms with Crippen molar-refractivity contribution in [3.63, 3.8) is 0 Å². The summed E-state index contributed by atoms with van der Waals surface area (Å²) in [6.07, 6.45) is -0.928. The van der Waals surface area contributed by atoms with E-state index < -0.39 is 37.1 Å². The summed E-state index contributed by atoms with van der Waals surface area (Å²) in [5, 5.41) is 38.8. The van der Waals surface area contributed by atoms with E-state index >= 15 is 0 Å². The SMILES string of the molecule is Nc1ncnc2c1ncn2C1OC(C(O)CO)C(CCO)C1O. The summed E-state index contributed by atoms with van der Waals surface area (Å²) in [6, 6.07) is 0. The lowest BCUT2D eigenvalue weighted by molar-refractivity contribution is -0.0896. The molecule has 3 heterocycles. The molecule has 0 saturated carbocycles. The summed E-state index contributed by atoms with van der Waals surface area (Å²) in [6.45, 7) is -0.682. The first-order chi connectivity index (χ1) is 11.1. The third-order valence-corrected chi connectivity index (χ3v) is 4.14.